The van der Waals surface area contributed by atoms with Crippen LogP contribution in [0.2, 0.25) is 0 Å². The summed E-state index contributed by atoms with van der Waals surface area (Å²) < 4.78 is 45.8. The lowest BCUT2D eigenvalue weighted by Crippen LogP contribution is -2.36. The number of rotatable bonds is 8. The van der Waals surface area contributed by atoms with Gasteiger partial charge in [0.05, 0.1) is 0 Å². The Morgan fingerprint density at radius 1 is 1.23 bits per heavy atom. The molecule has 5 nitrogen and oxygen atoms in total. The van der Waals surface area contributed by atoms with Gasteiger partial charge >= 0.3 is 12.4 Å². The maximum Gasteiger partial charge on any atom is 0.573 e. The first-order valence-electron chi connectivity index (χ1n) is 6.85. The van der Waals surface area contributed by atoms with Crippen LogP contribution < -0.4 is 15.4 Å². The SMILES string of the molecule is CCOCCCNC(=O)NCc1ccccc1OC(F)(F)F. The van der Waals surface area contributed by atoms with Crippen LogP contribution in [0.5, 0.6) is 5.75 Å². The number of benzene rings is 1. The molecule has 22 heavy (non-hydrogen) atoms. The van der Waals surface area contributed by atoms with Crippen LogP contribution in [-0.2, 0) is 11.3 Å². The van der Waals surface area contributed by atoms with Crippen LogP contribution in [0.4, 0.5) is 18.0 Å². The normalized spacial score (nSPS) is 11.1. The number of alkyl halides is 3. The number of carbonyl (C=O) groups excluding carboxylic acids is 1. The second-order valence-electron chi connectivity index (χ2n) is 4.32. The van der Waals surface area contributed by atoms with Gasteiger partial charge in [-0.25, -0.2) is 4.79 Å². The summed E-state index contributed by atoms with van der Waals surface area (Å²) in [5.74, 6) is -0.327. The molecule has 1 aromatic rings. The lowest BCUT2D eigenvalue weighted by atomic mass is 10.2. The quantitative estimate of drug-likeness (QED) is 0.724. The van der Waals surface area contributed by atoms with Crippen LogP contribution in [-0.4, -0.2) is 32.2 Å². The van der Waals surface area contributed by atoms with E-state index in [4.69, 9.17) is 4.74 Å². The number of hydrogen-bond acceptors (Lipinski definition) is 3. The van der Waals surface area contributed by atoms with Crippen LogP contribution in [0.1, 0.15) is 18.9 Å². The van der Waals surface area contributed by atoms with Gasteiger partial charge in [0.2, 0.25) is 0 Å². The van der Waals surface area contributed by atoms with Crippen molar-refractivity contribution in [3.63, 3.8) is 0 Å². The number of nitrogens with one attached hydrogen (secondary N) is 2. The molecule has 0 aromatic heterocycles. The van der Waals surface area contributed by atoms with Gasteiger partial charge < -0.3 is 20.1 Å². The van der Waals surface area contributed by atoms with E-state index in [1.54, 1.807) is 6.07 Å². The van der Waals surface area contributed by atoms with Gasteiger partial charge in [0.1, 0.15) is 5.75 Å². The smallest absolute Gasteiger partial charge is 0.405 e. The van der Waals surface area contributed by atoms with Crippen molar-refractivity contribution >= 4 is 6.03 Å². The topological polar surface area (TPSA) is 59.6 Å². The number of urea groups is 1. The van der Waals surface area contributed by atoms with E-state index in [0.717, 1.165) is 0 Å². The molecule has 0 aliphatic heterocycles. The molecule has 0 heterocycles. The number of amides is 2. The summed E-state index contributed by atoms with van der Waals surface area (Å²) >= 11 is 0. The molecule has 0 bridgehead atoms. The minimum Gasteiger partial charge on any atom is -0.405 e. The fourth-order valence-electron chi connectivity index (χ4n) is 1.63. The van der Waals surface area contributed by atoms with Gasteiger partial charge in [0, 0.05) is 31.9 Å². The molecule has 1 rings (SSSR count). The van der Waals surface area contributed by atoms with Crippen LogP contribution in [0, 0.1) is 0 Å². The van der Waals surface area contributed by atoms with Gasteiger partial charge in [0.25, 0.3) is 0 Å². The molecule has 0 radical (unpaired) electrons. The molecular weight excluding hydrogens is 301 g/mol. The Morgan fingerprint density at radius 2 is 1.95 bits per heavy atom. The third-order valence-corrected chi connectivity index (χ3v) is 2.59. The summed E-state index contributed by atoms with van der Waals surface area (Å²) in [5.41, 5.74) is 0.240. The summed E-state index contributed by atoms with van der Waals surface area (Å²) in [5, 5.41) is 5.06. The van der Waals surface area contributed by atoms with Gasteiger partial charge in [0.15, 0.2) is 0 Å². The minimum absolute atomic E-state index is 0.0659. The highest BCUT2D eigenvalue weighted by molar-refractivity contribution is 5.73. The van der Waals surface area contributed by atoms with Crippen molar-refractivity contribution in [3.8, 4) is 5.75 Å². The molecule has 2 N–H and O–H groups in total. The largest absolute Gasteiger partial charge is 0.573 e. The van der Waals surface area contributed by atoms with E-state index in [1.165, 1.54) is 18.2 Å². The standard InChI is InChI=1S/C14H19F3N2O3/c1-2-21-9-5-8-18-13(20)19-10-11-6-3-4-7-12(11)22-14(15,16)17/h3-4,6-7H,2,5,8-10H2,1H3,(H2,18,19,20). The number of carbonyl (C=O) groups is 1. The number of halogens is 3. The molecule has 2 amide bonds. The molecular formula is C14H19F3N2O3. The second-order valence-corrected chi connectivity index (χ2v) is 4.32. The van der Waals surface area contributed by atoms with Gasteiger partial charge in [-0.1, -0.05) is 18.2 Å². The van der Waals surface area contributed by atoms with Crippen molar-refractivity contribution in [2.24, 2.45) is 0 Å². The molecule has 0 unspecified atom stereocenters. The van der Waals surface area contributed by atoms with E-state index < -0.39 is 12.4 Å². The highest BCUT2D eigenvalue weighted by Crippen LogP contribution is 2.25. The Bertz CT molecular complexity index is 467. The van der Waals surface area contributed by atoms with E-state index in [1.807, 2.05) is 6.92 Å². The monoisotopic (exact) mass is 320 g/mol. The lowest BCUT2D eigenvalue weighted by Gasteiger charge is -2.14. The third-order valence-electron chi connectivity index (χ3n) is 2.59. The molecule has 0 atom stereocenters. The van der Waals surface area contributed by atoms with E-state index in [-0.39, 0.29) is 17.9 Å². The zero-order chi connectivity index (χ0) is 16.4. The summed E-state index contributed by atoms with van der Waals surface area (Å²) in [4.78, 5) is 11.5. The van der Waals surface area contributed by atoms with Crippen molar-refractivity contribution in [1.82, 2.24) is 10.6 Å². The van der Waals surface area contributed by atoms with Crippen molar-refractivity contribution in [3.05, 3.63) is 29.8 Å². The Kier molecular flexibility index (Phi) is 7.51. The zero-order valence-electron chi connectivity index (χ0n) is 12.2. The fraction of sp³-hybridized carbons (Fsp3) is 0.500. The van der Waals surface area contributed by atoms with Crippen molar-refractivity contribution < 1.29 is 27.4 Å². The van der Waals surface area contributed by atoms with E-state index in [0.29, 0.717) is 26.2 Å². The average molecular weight is 320 g/mol. The zero-order valence-corrected chi connectivity index (χ0v) is 12.2. The predicted molar refractivity (Wildman–Crippen MR) is 74.5 cm³/mol. The van der Waals surface area contributed by atoms with Gasteiger partial charge in [-0.3, -0.25) is 0 Å². The number of ether oxygens (including phenoxy) is 2. The maximum absolute atomic E-state index is 12.3. The van der Waals surface area contributed by atoms with E-state index >= 15 is 0 Å². The first-order chi connectivity index (χ1) is 10.4. The first-order valence-corrected chi connectivity index (χ1v) is 6.85. The van der Waals surface area contributed by atoms with Gasteiger partial charge in [-0.2, -0.15) is 0 Å². The van der Waals surface area contributed by atoms with Crippen molar-refractivity contribution in [2.45, 2.75) is 26.3 Å². The number of hydrogen-bond donors (Lipinski definition) is 2. The van der Waals surface area contributed by atoms with Crippen molar-refractivity contribution in [2.75, 3.05) is 19.8 Å². The highest BCUT2D eigenvalue weighted by Gasteiger charge is 2.31. The van der Waals surface area contributed by atoms with Crippen LogP contribution in [0.25, 0.3) is 0 Å². The summed E-state index contributed by atoms with van der Waals surface area (Å²) in [6, 6.07) is 5.19. The Labute approximate surface area is 126 Å². The molecule has 1 aromatic carbocycles. The molecule has 8 heteroatoms. The molecule has 0 aliphatic carbocycles. The summed E-state index contributed by atoms with van der Waals surface area (Å²) in [7, 11) is 0. The van der Waals surface area contributed by atoms with Crippen LogP contribution >= 0.6 is 0 Å². The second kappa shape index (κ2) is 9.14. The lowest BCUT2D eigenvalue weighted by molar-refractivity contribution is -0.274. The average Bonchev–Trinajstić information content (AvgIpc) is 2.44. The summed E-state index contributed by atoms with van der Waals surface area (Å²) in [6.45, 7) is 3.39. The number of para-hydroxylation sites is 1. The molecule has 0 saturated heterocycles. The molecule has 0 saturated carbocycles. The molecule has 124 valence electrons. The Hall–Kier alpha value is -1.96. The predicted octanol–water partition coefficient (Wildman–Crippen LogP) is 2.81. The fourth-order valence-corrected chi connectivity index (χ4v) is 1.63. The third kappa shape index (κ3) is 7.72. The Morgan fingerprint density at radius 3 is 2.64 bits per heavy atom. The van der Waals surface area contributed by atoms with Crippen LogP contribution in [0.15, 0.2) is 24.3 Å². The molecule has 0 spiro atoms. The molecule has 0 fully saturated rings. The molecule has 0 aliphatic rings. The minimum atomic E-state index is -4.77. The maximum atomic E-state index is 12.3. The van der Waals surface area contributed by atoms with Gasteiger partial charge in [-0.15, -0.1) is 13.2 Å². The van der Waals surface area contributed by atoms with E-state index in [2.05, 4.69) is 15.4 Å². The van der Waals surface area contributed by atoms with Crippen molar-refractivity contribution in [1.29, 1.82) is 0 Å². The highest BCUT2D eigenvalue weighted by atomic mass is 19.4. The van der Waals surface area contributed by atoms with E-state index in [9.17, 15) is 18.0 Å². The Balaban J connectivity index is 2.39. The van der Waals surface area contributed by atoms with Gasteiger partial charge in [-0.05, 0) is 19.4 Å². The first kappa shape index (κ1) is 18.1. The van der Waals surface area contributed by atoms with Crippen LogP contribution in [0.3, 0.4) is 0 Å². The summed E-state index contributed by atoms with van der Waals surface area (Å²) in [6.07, 6.45) is -4.10.